The van der Waals surface area contributed by atoms with Gasteiger partial charge in [0.1, 0.15) is 0 Å². The molecule has 1 aromatic heterocycles. The molecule has 1 heterocycles. The maximum Gasteiger partial charge on any atom is 0.270 e. The lowest BCUT2D eigenvalue weighted by molar-refractivity contribution is -0.384. The number of allylic oxidation sites excluding steroid dienone is 1. The van der Waals surface area contributed by atoms with Gasteiger partial charge in [0.15, 0.2) is 4.80 Å². The van der Waals surface area contributed by atoms with E-state index in [1.54, 1.807) is 18.2 Å². The van der Waals surface area contributed by atoms with E-state index >= 15 is 0 Å². The molecule has 0 aliphatic heterocycles. The van der Waals surface area contributed by atoms with E-state index in [1.165, 1.54) is 17.4 Å². The topological polar surface area (TPSA) is 60.4 Å². The van der Waals surface area contributed by atoms with E-state index < -0.39 is 0 Å². The summed E-state index contributed by atoms with van der Waals surface area (Å²) in [7, 11) is 0. The monoisotopic (exact) mass is 430 g/mol. The maximum absolute atomic E-state index is 11.0. The number of halogens is 1. The standard InChI is InChI=1S/C19H17N3O2S.BrH/c1-2-11-21-18(16-9-6-10-17(12-16)22(23)24)14-25-19(21)20-13-15-7-4-3-5-8-15;/h2-10,12,14H,1,11,13H2;1H/p-1. The number of nitro benzene ring substituents is 1. The van der Waals surface area contributed by atoms with Gasteiger partial charge in [0, 0.05) is 29.6 Å². The van der Waals surface area contributed by atoms with Crippen molar-refractivity contribution in [3.8, 4) is 11.3 Å². The largest absolute Gasteiger partial charge is 1.00 e. The third kappa shape index (κ3) is 4.56. The van der Waals surface area contributed by atoms with E-state index in [0.29, 0.717) is 13.1 Å². The second kappa shape index (κ2) is 9.26. The fourth-order valence-electron chi connectivity index (χ4n) is 2.51. The summed E-state index contributed by atoms with van der Waals surface area (Å²) >= 11 is 1.52. The van der Waals surface area contributed by atoms with Crippen LogP contribution in [0.5, 0.6) is 0 Å². The van der Waals surface area contributed by atoms with Crippen molar-refractivity contribution in [2.75, 3.05) is 0 Å². The molecule has 3 aromatic rings. The minimum absolute atomic E-state index is 0. The predicted molar refractivity (Wildman–Crippen MR) is 100 cm³/mol. The Kier molecular flexibility index (Phi) is 7.06. The predicted octanol–water partition coefficient (Wildman–Crippen LogP) is 1.42. The summed E-state index contributed by atoms with van der Waals surface area (Å²) in [6.45, 7) is 4.99. The second-order valence-electron chi connectivity index (χ2n) is 5.41. The molecule has 0 atom stereocenters. The van der Waals surface area contributed by atoms with Crippen LogP contribution in [0, 0.1) is 10.1 Å². The zero-order chi connectivity index (χ0) is 17.6. The van der Waals surface area contributed by atoms with E-state index in [-0.39, 0.29) is 27.6 Å². The first-order chi connectivity index (χ1) is 12.2. The molecule has 0 radical (unpaired) electrons. The lowest BCUT2D eigenvalue weighted by Gasteiger charge is -2.06. The SMILES string of the molecule is C=CCn1c(-c2cccc([N+](=O)[O-])c2)csc1=NCc1ccccc1.[Br-]. The Balaban J connectivity index is 0.00000243. The molecule has 0 N–H and O–H groups in total. The highest BCUT2D eigenvalue weighted by Crippen LogP contribution is 2.24. The molecule has 0 saturated heterocycles. The van der Waals surface area contributed by atoms with Crippen LogP contribution in [0.3, 0.4) is 0 Å². The smallest absolute Gasteiger partial charge is 0.270 e. The Morgan fingerprint density at radius 1 is 1.19 bits per heavy atom. The van der Waals surface area contributed by atoms with E-state index in [1.807, 2.05) is 46.3 Å². The van der Waals surface area contributed by atoms with Gasteiger partial charge >= 0.3 is 0 Å². The van der Waals surface area contributed by atoms with Gasteiger partial charge in [-0.05, 0) is 5.56 Å². The van der Waals surface area contributed by atoms with Crippen molar-refractivity contribution in [1.29, 1.82) is 0 Å². The van der Waals surface area contributed by atoms with E-state index in [9.17, 15) is 10.1 Å². The Morgan fingerprint density at radius 2 is 1.96 bits per heavy atom. The zero-order valence-electron chi connectivity index (χ0n) is 13.9. The Bertz CT molecular complexity index is 964. The number of non-ortho nitro benzene ring substituents is 1. The number of hydrogen-bond donors (Lipinski definition) is 0. The van der Waals surface area contributed by atoms with Crippen LogP contribution in [-0.4, -0.2) is 9.49 Å². The van der Waals surface area contributed by atoms with Crippen LogP contribution in [0.1, 0.15) is 5.56 Å². The van der Waals surface area contributed by atoms with Gasteiger partial charge in [0.2, 0.25) is 0 Å². The molecule has 0 amide bonds. The number of thiazole rings is 1. The Labute approximate surface area is 165 Å². The molecule has 3 rings (SSSR count). The molecule has 7 heteroatoms. The number of nitro groups is 1. The van der Waals surface area contributed by atoms with Crippen LogP contribution in [-0.2, 0) is 13.1 Å². The van der Waals surface area contributed by atoms with Crippen LogP contribution in [0.25, 0.3) is 11.3 Å². The van der Waals surface area contributed by atoms with Gasteiger partial charge in [0.25, 0.3) is 5.69 Å². The summed E-state index contributed by atoms with van der Waals surface area (Å²) in [6, 6.07) is 16.7. The van der Waals surface area contributed by atoms with Crippen molar-refractivity contribution >= 4 is 17.0 Å². The lowest BCUT2D eigenvalue weighted by atomic mass is 10.1. The first-order valence-corrected chi connectivity index (χ1v) is 8.65. The zero-order valence-corrected chi connectivity index (χ0v) is 16.3. The molecule has 0 saturated carbocycles. The molecule has 0 aliphatic carbocycles. The van der Waals surface area contributed by atoms with Gasteiger partial charge in [-0.15, -0.1) is 17.9 Å². The van der Waals surface area contributed by atoms with Crippen molar-refractivity contribution < 1.29 is 21.9 Å². The molecule has 134 valence electrons. The van der Waals surface area contributed by atoms with Crippen molar-refractivity contribution in [3.05, 3.63) is 93.1 Å². The third-order valence-corrected chi connectivity index (χ3v) is 4.60. The molecular formula is C19H17BrN3O2S-. The number of nitrogens with zero attached hydrogens (tertiary/aromatic N) is 3. The number of aromatic nitrogens is 1. The summed E-state index contributed by atoms with van der Waals surface area (Å²) in [5.41, 5.74) is 2.92. The number of rotatable bonds is 6. The van der Waals surface area contributed by atoms with Crippen molar-refractivity contribution in [2.24, 2.45) is 4.99 Å². The molecule has 0 fully saturated rings. The normalized spacial score (nSPS) is 11.0. The molecular weight excluding hydrogens is 414 g/mol. The third-order valence-electron chi connectivity index (χ3n) is 3.70. The fraction of sp³-hybridized carbons (Fsp3) is 0.105. The van der Waals surface area contributed by atoms with Gasteiger partial charge in [-0.25, -0.2) is 0 Å². The van der Waals surface area contributed by atoms with Crippen LogP contribution in [0.4, 0.5) is 5.69 Å². The Morgan fingerprint density at radius 3 is 2.65 bits per heavy atom. The molecule has 0 unspecified atom stereocenters. The van der Waals surface area contributed by atoms with Gasteiger partial charge in [-0.3, -0.25) is 15.1 Å². The van der Waals surface area contributed by atoms with Crippen LogP contribution in [0.2, 0.25) is 0 Å². The van der Waals surface area contributed by atoms with Gasteiger partial charge in [-0.2, -0.15) is 0 Å². The van der Waals surface area contributed by atoms with Crippen molar-refractivity contribution in [3.63, 3.8) is 0 Å². The molecule has 5 nitrogen and oxygen atoms in total. The highest BCUT2D eigenvalue weighted by molar-refractivity contribution is 7.07. The summed E-state index contributed by atoms with van der Waals surface area (Å²) < 4.78 is 2.03. The summed E-state index contributed by atoms with van der Waals surface area (Å²) in [5.74, 6) is 0. The van der Waals surface area contributed by atoms with Gasteiger partial charge in [0.05, 0.1) is 17.2 Å². The molecule has 2 aromatic carbocycles. The summed E-state index contributed by atoms with van der Waals surface area (Å²) in [6.07, 6.45) is 1.80. The summed E-state index contributed by atoms with van der Waals surface area (Å²) in [5, 5.41) is 13.0. The number of hydrogen-bond acceptors (Lipinski definition) is 4. The van der Waals surface area contributed by atoms with Crippen LogP contribution >= 0.6 is 11.3 Å². The molecule has 26 heavy (non-hydrogen) atoms. The van der Waals surface area contributed by atoms with E-state index in [0.717, 1.165) is 21.6 Å². The minimum atomic E-state index is -0.381. The van der Waals surface area contributed by atoms with Crippen LogP contribution in [0.15, 0.2) is 77.6 Å². The quantitative estimate of drug-likeness (QED) is 0.337. The highest BCUT2D eigenvalue weighted by atomic mass is 79.9. The average Bonchev–Trinajstić information content (AvgIpc) is 3.04. The maximum atomic E-state index is 11.0. The molecule has 0 bridgehead atoms. The van der Waals surface area contributed by atoms with Gasteiger partial charge in [-0.1, -0.05) is 48.5 Å². The molecule has 0 spiro atoms. The Hall–Kier alpha value is -2.51. The van der Waals surface area contributed by atoms with E-state index in [4.69, 9.17) is 4.99 Å². The lowest BCUT2D eigenvalue weighted by Crippen LogP contribution is -3.00. The minimum Gasteiger partial charge on any atom is -1.00 e. The number of benzene rings is 2. The fourth-order valence-corrected chi connectivity index (χ4v) is 3.43. The van der Waals surface area contributed by atoms with Gasteiger partial charge < -0.3 is 21.5 Å². The van der Waals surface area contributed by atoms with Crippen molar-refractivity contribution in [2.45, 2.75) is 13.1 Å². The van der Waals surface area contributed by atoms with Crippen LogP contribution < -0.4 is 21.8 Å². The van der Waals surface area contributed by atoms with E-state index in [2.05, 4.69) is 6.58 Å². The first-order valence-electron chi connectivity index (χ1n) is 7.77. The summed E-state index contributed by atoms with van der Waals surface area (Å²) in [4.78, 5) is 16.2. The molecule has 0 aliphatic rings. The first kappa shape index (κ1) is 19.8. The second-order valence-corrected chi connectivity index (χ2v) is 6.25. The average molecular weight is 431 g/mol. The highest BCUT2D eigenvalue weighted by Gasteiger charge is 2.11. The van der Waals surface area contributed by atoms with Crippen molar-refractivity contribution in [1.82, 2.24) is 4.57 Å².